The first-order chi connectivity index (χ1) is 7.26. The van der Waals surface area contributed by atoms with E-state index in [1.807, 2.05) is 0 Å². The SMILES string of the molecule is CCC(C)CNC1CCN(CC#N)CC1. The summed E-state index contributed by atoms with van der Waals surface area (Å²) in [6, 6.07) is 2.89. The molecule has 3 nitrogen and oxygen atoms in total. The first-order valence-electron chi connectivity index (χ1n) is 6.09. The number of nitrogens with one attached hydrogen (secondary N) is 1. The first kappa shape index (κ1) is 12.5. The van der Waals surface area contributed by atoms with E-state index in [9.17, 15) is 0 Å². The molecule has 0 spiro atoms. The highest BCUT2D eigenvalue weighted by atomic mass is 15.1. The van der Waals surface area contributed by atoms with Crippen molar-refractivity contribution in [1.82, 2.24) is 10.2 Å². The lowest BCUT2D eigenvalue weighted by molar-refractivity contribution is 0.214. The summed E-state index contributed by atoms with van der Waals surface area (Å²) >= 11 is 0. The molecule has 0 amide bonds. The van der Waals surface area contributed by atoms with Crippen molar-refractivity contribution in [3.05, 3.63) is 0 Å². The Balaban J connectivity index is 2.12. The number of rotatable bonds is 5. The molecular formula is C12H23N3. The lowest BCUT2D eigenvalue weighted by Gasteiger charge is -2.31. The van der Waals surface area contributed by atoms with E-state index in [1.54, 1.807) is 0 Å². The van der Waals surface area contributed by atoms with E-state index in [-0.39, 0.29) is 0 Å². The molecule has 0 radical (unpaired) electrons. The van der Waals surface area contributed by atoms with Crippen molar-refractivity contribution in [1.29, 1.82) is 5.26 Å². The minimum absolute atomic E-state index is 0.595. The van der Waals surface area contributed by atoms with Gasteiger partial charge in [0.05, 0.1) is 12.6 Å². The fourth-order valence-electron chi connectivity index (χ4n) is 1.91. The summed E-state index contributed by atoms with van der Waals surface area (Å²) in [5, 5.41) is 12.2. The van der Waals surface area contributed by atoms with Crippen molar-refractivity contribution in [2.75, 3.05) is 26.2 Å². The molecule has 1 aliphatic rings. The van der Waals surface area contributed by atoms with Crippen LogP contribution in [-0.4, -0.2) is 37.1 Å². The Bertz CT molecular complexity index is 201. The highest BCUT2D eigenvalue weighted by Gasteiger charge is 2.18. The third-order valence-electron chi connectivity index (χ3n) is 3.33. The molecule has 1 heterocycles. The summed E-state index contributed by atoms with van der Waals surface area (Å²) in [7, 11) is 0. The summed E-state index contributed by atoms with van der Waals surface area (Å²) < 4.78 is 0. The van der Waals surface area contributed by atoms with Crippen molar-refractivity contribution < 1.29 is 0 Å². The first-order valence-corrected chi connectivity index (χ1v) is 6.09. The Morgan fingerprint density at radius 2 is 2.13 bits per heavy atom. The van der Waals surface area contributed by atoms with Crippen molar-refractivity contribution in [2.45, 2.75) is 39.2 Å². The summed E-state index contributed by atoms with van der Waals surface area (Å²) in [5.41, 5.74) is 0. The van der Waals surface area contributed by atoms with Crippen LogP contribution in [0.1, 0.15) is 33.1 Å². The zero-order chi connectivity index (χ0) is 11.1. The predicted octanol–water partition coefficient (Wildman–Crippen LogP) is 1.61. The topological polar surface area (TPSA) is 39.1 Å². The molecule has 1 rings (SSSR count). The third kappa shape index (κ3) is 4.63. The molecule has 0 aromatic carbocycles. The second-order valence-corrected chi connectivity index (χ2v) is 4.63. The van der Waals surface area contributed by atoms with Gasteiger partial charge in [0.25, 0.3) is 0 Å². The van der Waals surface area contributed by atoms with Crippen LogP contribution in [0.25, 0.3) is 0 Å². The van der Waals surface area contributed by atoms with Crippen molar-refractivity contribution >= 4 is 0 Å². The highest BCUT2D eigenvalue weighted by molar-refractivity contribution is 4.83. The van der Waals surface area contributed by atoms with Gasteiger partial charge in [0.15, 0.2) is 0 Å². The second-order valence-electron chi connectivity index (χ2n) is 4.63. The Hall–Kier alpha value is -0.590. The van der Waals surface area contributed by atoms with Gasteiger partial charge in [-0.15, -0.1) is 0 Å². The number of nitriles is 1. The molecule has 0 saturated carbocycles. The van der Waals surface area contributed by atoms with Gasteiger partial charge in [-0.1, -0.05) is 20.3 Å². The molecule has 1 aliphatic heterocycles. The molecule has 1 unspecified atom stereocenters. The molecule has 1 N–H and O–H groups in total. The number of hydrogen-bond donors (Lipinski definition) is 1. The fourth-order valence-corrected chi connectivity index (χ4v) is 1.91. The Kier molecular flexibility index (Phi) is 5.67. The Morgan fingerprint density at radius 1 is 1.47 bits per heavy atom. The van der Waals surface area contributed by atoms with Crippen LogP contribution in [0.15, 0.2) is 0 Å². The average molecular weight is 209 g/mol. The normalized spacial score (nSPS) is 21.1. The molecule has 0 bridgehead atoms. The van der Waals surface area contributed by atoms with Gasteiger partial charge >= 0.3 is 0 Å². The maximum Gasteiger partial charge on any atom is 0.0866 e. The van der Waals surface area contributed by atoms with Gasteiger partial charge < -0.3 is 5.32 Å². The van der Waals surface area contributed by atoms with Crippen LogP contribution in [0.3, 0.4) is 0 Å². The number of hydrogen-bond acceptors (Lipinski definition) is 3. The zero-order valence-electron chi connectivity index (χ0n) is 10.00. The summed E-state index contributed by atoms with van der Waals surface area (Å²) in [6.07, 6.45) is 3.64. The van der Waals surface area contributed by atoms with E-state index >= 15 is 0 Å². The minimum atomic E-state index is 0.595. The predicted molar refractivity (Wildman–Crippen MR) is 62.5 cm³/mol. The van der Waals surface area contributed by atoms with Crippen LogP contribution in [-0.2, 0) is 0 Å². The van der Waals surface area contributed by atoms with Gasteiger partial charge in [-0.05, 0) is 25.3 Å². The van der Waals surface area contributed by atoms with E-state index in [2.05, 4.69) is 30.1 Å². The maximum absolute atomic E-state index is 8.59. The van der Waals surface area contributed by atoms with Gasteiger partial charge in [-0.2, -0.15) is 5.26 Å². The van der Waals surface area contributed by atoms with Crippen LogP contribution in [0, 0.1) is 17.2 Å². The number of nitrogens with zero attached hydrogens (tertiary/aromatic N) is 2. The highest BCUT2D eigenvalue weighted by Crippen LogP contribution is 2.10. The van der Waals surface area contributed by atoms with Gasteiger partial charge in [0.2, 0.25) is 0 Å². The fraction of sp³-hybridized carbons (Fsp3) is 0.917. The Labute approximate surface area is 93.5 Å². The molecule has 86 valence electrons. The van der Waals surface area contributed by atoms with Crippen LogP contribution >= 0.6 is 0 Å². The lowest BCUT2D eigenvalue weighted by Crippen LogP contribution is -2.43. The van der Waals surface area contributed by atoms with Crippen LogP contribution in [0.4, 0.5) is 0 Å². The van der Waals surface area contributed by atoms with Crippen molar-refractivity contribution in [3.8, 4) is 6.07 Å². The maximum atomic E-state index is 8.59. The molecule has 0 aromatic heterocycles. The largest absolute Gasteiger partial charge is 0.314 e. The summed E-state index contributed by atoms with van der Waals surface area (Å²) in [4.78, 5) is 2.24. The molecule has 0 aromatic rings. The number of piperidine rings is 1. The van der Waals surface area contributed by atoms with E-state index in [4.69, 9.17) is 5.26 Å². The Morgan fingerprint density at radius 3 is 2.67 bits per heavy atom. The molecular weight excluding hydrogens is 186 g/mol. The van der Waals surface area contributed by atoms with E-state index in [1.165, 1.54) is 19.3 Å². The zero-order valence-corrected chi connectivity index (χ0v) is 10.00. The monoisotopic (exact) mass is 209 g/mol. The minimum Gasteiger partial charge on any atom is -0.314 e. The lowest BCUT2D eigenvalue weighted by atomic mass is 10.0. The van der Waals surface area contributed by atoms with Crippen molar-refractivity contribution in [2.24, 2.45) is 5.92 Å². The van der Waals surface area contributed by atoms with Gasteiger partial charge in [0, 0.05) is 19.1 Å². The summed E-state index contributed by atoms with van der Waals surface area (Å²) in [6.45, 7) is 8.41. The van der Waals surface area contributed by atoms with Gasteiger partial charge in [0.1, 0.15) is 0 Å². The van der Waals surface area contributed by atoms with Crippen molar-refractivity contribution in [3.63, 3.8) is 0 Å². The summed E-state index contributed by atoms with van der Waals surface area (Å²) in [5.74, 6) is 0.780. The molecule has 1 saturated heterocycles. The van der Waals surface area contributed by atoms with Gasteiger partial charge in [-0.3, -0.25) is 4.90 Å². The third-order valence-corrected chi connectivity index (χ3v) is 3.33. The standard InChI is InChI=1S/C12H23N3/c1-3-11(2)10-14-12-4-7-15(8-5-12)9-6-13/h11-12,14H,3-5,7-10H2,1-2H3. The van der Waals surface area contributed by atoms with E-state index in [0.717, 1.165) is 25.6 Å². The second kappa shape index (κ2) is 6.81. The van der Waals surface area contributed by atoms with E-state index in [0.29, 0.717) is 12.6 Å². The quantitative estimate of drug-likeness (QED) is 0.699. The molecule has 15 heavy (non-hydrogen) atoms. The van der Waals surface area contributed by atoms with Crippen LogP contribution in [0.5, 0.6) is 0 Å². The molecule has 3 heteroatoms. The smallest absolute Gasteiger partial charge is 0.0866 e. The molecule has 0 aliphatic carbocycles. The van der Waals surface area contributed by atoms with Crippen LogP contribution < -0.4 is 5.32 Å². The van der Waals surface area contributed by atoms with Crippen LogP contribution in [0.2, 0.25) is 0 Å². The number of likely N-dealkylation sites (tertiary alicyclic amines) is 1. The van der Waals surface area contributed by atoms with Gasteiger partial charge in [-0.25, -0.2) is 0 Å². The average Bonchev–Trinajstić information content (AvgIpc) is 2.28. The molecule has 1 fully saturated rings. The molecule has 1 atom stereocenters. The van der Waals surface area contributed by atoms with E-state index < -0.39 is 0 Å².